The predicted octanol–water partition coefficient (Wildman–Crippen LogP) is 3.76. The summed E-state index contributed by atoms with van der Waals surface area (Å²) < 4.78 is 1.73. The second-order valence-electron chi connectivity index (χ2n) is 5.69. The molecule has 0 saturated heterocycles. The highest BCUT2D eigenvalue weighted by Gasteiger charge is 2.12. The van der Waals surface area contributed by atoms with Crippen molar-refractivity contribution in [3.8, 4) is 0 Å². The van der Waals surface area contributed by atoms with E-state index in [0.29, 0.717) is 5.78 Å². The van der Waals surface area contributed by atoms with Crippen molar-refractivity contribution in [2.45, 2.75) is 19.9 Å². The molecular weight excluding hydrogens is 286 g/mol. The van der Waals surface area contributed by atoms with Gasteiger partial charge in [-0.05, 0) is 30.2 Å². The van der Waals surface area contributed by atoms with Crippen molar-refractivity contribution in [1.29, 1.82) is 0 Å². The summed E-state index contributed by atoms with van der Waals surface area (Å²) in [5.41, 5.74) is 2.17. The van der Waals surface area contributed by atoms with Crippen molar-refractivity contribution in [3.05, 3.63) is 66.1 Å². The van der Waals surface area contributed by atoms with Gasteiger partial charge in [0.1, 0.15) is 12.1 Å². The fourth-order valence-electron chi connectivity index (χ4n) is 2.96. The van der Waals surface area contributed by atoms with Gasteiger partial charge in [-0.25, -0.2) is 4.98 Å². The van der Waals surface area contributed by atoms with Crippen LogP contribution in [-0.2, 0) is 0 Å². The van der Waals surface area contributed by atoms with Crippen LogP contribution in [0.2, 0.25) is 0 Å². The van der Waals surface area contributed by atoms with Crippen molar-refractivity contribution in [1.82, 2.24) is 19.6 Å². The van der Waals surface area contributed by atoms with Crippen molar-refractivity contribution in [2.75, 3.05) is 5.32 Å². The van der Waals surface area contributed by atoms with Gasteiger partial charge >= 0.3 is 0 Å². The highest BCUT2D eigenvalue weighted by atomic mass is 15.4. The Hall–Kier alpha value is -2.95. The average molecular weight is 303 g/mol. The molecule has 23 heavy (non-hydrogen) atoms. The topological polar surface area (TPSA) is 55.1 Å². The van der Waals surface area contributed by atoms with Crippen molar-refractivity contribution in [3.63, 3.8) is 0 Å². The molecule has 2 aromatic carbocycles. The van der Waals surface area contributed by atoms with Gasteiger partial charge in [0, 0.05) is 11.8 Å². The molecular formula is C18H17N5. The van der Waals surface area contributed by atoms with Gasteiger partial charge in [0.25, 0.3) is 5.78 Å². The maximum absolute atomic E-state index is 4.38. The van der Waals surface area contributed by atoms with Gasteiger partial charge in [0.05, 0.1) is 6.04 Å². The molecule has 2 aromatic heterocycles. The zero-order valence-electron chi connectivity index (χ0n) is 13.1. The molecule has 2 heterocycles. The molecule has 0 amide bonds. The zero-order chi connectivity index (χ0) is 15.8. The van der Waals surface area contributed by atoms with E-state index in [-0.39, 0.29) is 6.04 Å². The molecule has 5 nitrogen and oxygen atoms in total. The van der Waals surface area contributed by atoms with Crippen LogP contribution >= 0.6 is 0 Å². The summed E-state index contributed by atoms with van der Waals surface area (Å²) in [6.45, 7) is 4.11. The van der Waals surface area contributed by atoms with E-state index in [2.05, 4.69) is 69.8 Å². The number of benzene rings is 2. The van der Waals surface area contributed by atoms with Gasteiger partial charge in [-0.3, -0.25) is 0 Å². The maximum atomic E-state index is 4.38. The first kappa shape index (κ1) is 13.7. The third-order valence-corrected chi connectivity index (χ3v) is 4.03. The number of aryl methyl sites for hydroxylation is 1. The number of nitrogens with zero attached hydrogens (tertiary/aromatic N) is 4. The lowest BCUT2D eigenvalue weighted by molar-refractivity contribution is 0.843. The van der Waals surface area contributed by atoms with Gasteiger partial charge in [-0.1, -0.05) is 42.5 Å². The number of hydrogen-bond acceptors (Lipinski definition) is 4. The van der Waals surface area contributed by atoms with E-state index in [0.717, 1.165) is 11.5 Å². The minimum atomic E-state index is 0.135. The Bertz CT molecular complexity index is 984. The number of aromatic nitrogens is 4. The molecule has 0 fully saturated rings. The molecule has 5 heteroatoms. The van der Waals surface area contributed by atoms with Crippen LogP contribution in [0.25, 0.3) is 16.6 Å². The Labute approximate surface area is 134 Å². The fourth-order valence-corrected chi connectivity index (χ4v) is 2.96. The van der Waals surface area contributed by atoms with Crippen LogP contribution in [0.1, 0.15) is 24.2 Å². The summed E-state index contributed by atoms with van der Waals surface area (Å²) in [5, 5.41) is 10.3. The molecule has 0 aliphatic rings. The maximum Gasteiger partial charge on any atom is 0.254 e. The molecule has 0 aliphatic carbocycles. The molecule has 0 saturated carbocycles. The van der Waals surface area contributed by atoms with E-state index in [1.807, 2.05) is 13.0 Å². The number of anilines is 1. The van der Waals surface area contributed by atoms with Gasteiger partial charge in [0.15, 0.2) is 0 Å². The summed E-state index contributed by atoms with van der Waals surface area (Å²) in [4.78, 5) is 8.55. The van der Waals surface area contributed by atoms with E-state index >= 15 is 0 Å². The Kier molecular flexibility index (Phi) is 3.19. The normalized spacial score (nSPS) is 12.6. The minimum absolute atomic E-state index is 0.135. The van der Waals surface area contributed by atoms with E-state index in [4.69, 9.17) is 0 Å². The van der Waals surface area contributed by atoms with Crippen LogP contribution in [0.5, 0.6) is 0 Å². The molecule has 0 radical (unpaired) electrons. The Balaban J connectivity index is 1.76. The third kappa shape index (κ3) is 2.40. The van der Waals surface area contributed by atoms with Crippen molar-refractivity contribution in [2.24, 2.45) is 0 Å². The monoisotopic (exact) mass is 303 g/mol. The summed E-state index contributed by atoms with van der Waals surface area (Å²) in [5.74, 6) is 1.50. The number of nitrogens with one attached hydrogen (secondary N) is 1. The highest BCUT2D eigenvalue weighted by molar-refractivity contribution is 5.86. The number of rotatable bonds is 3. The smallest absolute Gasteiger partial charge is 0.254 e. The lowest BCUT2D eigenvalue weighted by Crippen LogP contribution is -2.11. The molecule has 0 spiro atoms. The number of hydrogen-bond donors (Lipinski definition) is 1. The summed E-state index contributed by atoms with van der Waals surface area (Å²) in [6.07, 6.45) is 1.52. The molecule has 1 atom stereocenters. The molecule has 4 rings (SSSR count). The minimum Gasteiger partial charge on any atom is -0.363 e. The SMILES string of the molecule is Cc1cc(N[C@@H](C)c2cccc3ccccc23)n2ncnc2n1. The predicted molar refractivity (Wildman–Crippen MR) is 91.5 cm³/mol. The standard InChI is InChI=1S/C18H17N5/c1-12-10-17(23-18(21-12)19-11-20-23)22-13(2)15-9-5-7-14-6-3-4-8-16(14)15/h3-11,13,22H,1-2H3/t13-/m0/s1. The first-order valence-electron chi connectivity index (χ1n) is 7.64. The van der Waals surface area contributed by atoms with Gasteiger partial charge in [-0.2, -0.15) is 14.6 Å². The molecule has 1 N–H and O–H groups in total. The summed E-state index contributed by atoms with van der Waals surface area (Å²) >= 11 is 0. The molecule has 114 valence electrons. The quantitative estimate of drug-likeness (QED) is 0.626. The van der Waals surface area contributed by atoms with Crippen molar-refractivity contribution < 1.29 is 0 Å². The van der Waals surface area contributed by atoms with Crippen LogP contribution in [0.15, 0.2) is 54.9 Å². The van der Waals surface area contributed by atoms with E-state index in [1.54, 1.807) is 4.52 Å². The molecule has 0 bridgehead atoms. The highest BCUT2D eigenvalue weighted by Crippen LogP contribution is 2.26. The summed E-state index contributed by atoms with van der Waals surface area (Å²) in [6, 6.07) is 16.9. The Morgan fingerprint density at radius 3 is 2.83 bits per heavy atom. The largest absolute Gasteiger partial charge is 0.363 e. The molecule has 4 aromatic rings. The van der Waals surface area contributed by atoms with Crippen LogP contribution in [-0.4, -0.2) is 19.6 Å². The fraction of sp³-hybridized carbons (Fsp3) is 0.167. The van der Waals surface area contributed by atoms with Crippen LogP contribution < -0.4 is 5.32 Å². The molecule has 0 unspecified atom stereocenters. The van der Waals surface area contributed by atoms with Crippen molar-refractivity contribution >= 4 is 22.4 Å². The van der Waals surface area contributed by atoms with E-state index < -0.39 is 0 Å². The first-order valence-corrected chi connectivity index (χ1v) is 7.64. The Morgan fingerprint density at radius 1 is 1.09 bits per heavy atom. The third-order valence-electron chi connectivity index (χ3n) is 4.03. The van der Waals surface area contributed by atoms with Crippen LogP contribution in [0.3, 0.4) is 0 Å². The molecule has 0 aliphatic heterocycles. The van der Waals surface area contributed by atoms with Gasteiger partial charge in [-0.15, -0.1) is 0 Å². The zero-order valence-corrected chi connectivity index (χ0v) is 13.1. The van der Waals surface area contributed by atoms with Crippen LogP contribution in [0, 0.1) is 6.92 Å². The lowest BCUT2D eigenvalue weighted by atomic mass is 10.00. The van der Waals surface area contributed by atoms with E-state index in [1.165, 1.54) is 22.7 Å². The second kappa shape index (κ2) is 5.35. The van der Waals surface area contributed by atoms with Gasteiger partial charge < -0.3 is 5.32 Å². The lowest BCUT2D eigenvalue weighted by Gasteiger charge is -2.18. The first-order chi connectivity index (χ1) is 11.2. The van der Waals surface area contributed by atoms with Gasteiger partial charge in [0.2, 0.25) is 0 Å². The van der Waals surface area contributed by atoms with E-state index in [9.17, 15) is 0 Å². The average Bonchev–Trinajstić information content (AvgIpc) is 3.02. The van der Waals surface area contributed by atoms with Crippen LogP contribution in [0.4, 0.5) is 5.82 Å². The Morgan fingerprint density at radius 2 is 1.91 bits per heavy atom. The second-order valence-corrected chi connectivity index (χ2v) is 5.69. The number of fused-ring (bicyclic) bond motifs is 2. The summed E-state index contributed by atoms with van der Waals surface area (Å²) in [7, 11) is 0.